The molecule has 0 amide bonds. The maximum Gasteiger partial charge on any atom is 0.0419 e. The summed E-state index contributed by atoms with van der Waals surface area (Å²) in [5, 5.41) is 3.52. The standard InChI is InChI=1S/C15H22N2/c1-17(12-6-2-3-7-12)15-10-4-9-14-13(15)8-5-11-16-14/h4,9-10,12,16H,2-3,5-8,11H2,1H3. The summed E-state index contributed by atoms with van der Waals surface area (Å²) in [6.07, 6.45) is 8.05. The molecule has 1 aromatic carbocycles. The van der Waals surface area contributed by atoms with E-state index < -0.39 is 0 Å². The number of hydrogen-bond donors (Lipinski definition) is 1. The van der Waals surface area contributed by atoms with Gasteiger partial charge >= 0.3 is 0 Å². The fourth-order valence-corrected chi connectivity index (χ4v) is 3.31. The third-order valence-electron chi connectivity index (χ3n) is 4.32. The van der Waals surface area contributed by atoms with Crippen molar-refractivity contribution in [3.63, 3.8) is 0 Å². The van der Waals surface area contributed by atoms with Crippen molar-refractivity contribution in [3.05, 3.63) is 23.8 Å². The van der Waals surface area contributed by atoms with Crippen molar-refractivity contribution in [1.29, 1.82) is 0 Å². The van der Waals surface area contributed by atoms with Gasteiger partial charge < -0.3 is 10.2 Å². The fourth-order valence-electron chi connectivity index (χ4n) is 3.31. The summed E-state index contributed by atoms with van der Waals surface area (Å²) >= 11 is 0. The Bertz CT molecular complexity index is 394. The van der Waals surface area contributed by atoms with E-state index in [-0.39, 0.29) is 0 Å². The van der Waals surface area contributed by atoms with Gasteiger partial charge in [-0.05, 0) is 43.4 Å². The quantitative estimate of drug-likeness (QED) is 0.837. The summed E-state index contributed by atoms with van der Waals surface area (Å²) in [6.45, 7) is 1.13. The van der Waals surface area contributed by atoms with Crippen LogP contribution in [0.25, 0.3) is 0 Å². The molecule has 0 atom stereocenters. The predicted molar refractivity (Wildman–Crippen MR) is 73.9 cm³/mol. The molecule has 0 spiro atoms. The normalized spacial score (nSPS) is 19.8. The summed E-state index contributed by atoms with van der Waals surface area (Å²) in [7, 11) is 2.28. The summed E-state index contributed by atoms with van der Waals surface area (Å²) in [5.41, 5.74) is 4.35. The van der Waals surface area contributed by atoms with E-state index in [9.17, 15) is 0 Å². The Kier molecular flexibility index (Phi) is 2.96. The Morgan fingerprint density at radius 3 is 2.82 bits per heavy atom. The first-order valence-corrected chi connectivity index (χ1v) is 6.95. The maximum absolute atomic E-state index is 3.52. The Hall–Kier alpha value is -1.18. The molecule has 0 radical (unpaired) electrons. The largest absolute Gasteiger partial charge is 0.385 e. The number of anilines is 2. The van der Waals surface area contributed by atoms with Crippen LogP contribution in [-0.4, -0.2) is 19.6 Å². The first-order chi connectivity index (χ1) is 8.36. The smallest absolute Gasteiger partial charge is 0.0419 e. The van der Waals surface area contributed by atoms with Crippen molar-refractivity contribution in [1.82, 2.24) is 0 Å². The van der Waals surface area contributed by atoms with Crippen LogP contribution in [0.2, 0.25) is 0 Å². The van der Waals surface area contributed by atoms with Crippen molar-refractivity contribution in [2.75, 3.05) is 23.8 Å². The second-order valence-corrected chi connectivity index (χ2v) is 5.38. The minimum Gasteiger partial charge on any atom is -0.385 e. The van der Waals surface area contributed by atoms with E-state index in [1.165, 1.54) is 55.5 Å². The lowest BCUT2D eigenvalue weighted by Crippen LogP contribution is -2.30. The number of fused-ring (bicyclic) bond motifs is 1. The second-order valence-electron chi connectivity index (χ2n) is 5.38. The first-order valence-electron chi connectivity index (χ1n) is 6.95. The lowest BCUT2D eigenvalue weighted by Gasteiger charge is -2.31. The van der Waals surface area contributed by atoms with Gasteiger partial charge in [0.1, 0.15) is 0 Å². The second kappa shape index (κ2) is 4.59. The minimum atomic E-state index is 0.767. The third kappa shape index (κ3) is 2.01. The molecule has 17 heavy (non-hydrogen) atoms. The zero-order valence-corrected chi connectivity index (χ0v) is 10.7. The topological polar surface area (TPSA) is 15.3 Å². The Morgan fingerprint density at radius 1 is 1.18 bits per heavy atom. The van der Waals surface area contributed by atoms with Crippen LogP contribution in [0, 0.1) is 0 Å². The van der Waals surface area contributed by atoms with E-state index in [1.54, 1.807) is 0 Å². The van der Waals surface area contributed by atoms with Crippen LogP contribution >= 0.6 is 0 Å². The van der Waals surface area contributed by atoms with Crippen LogP contribution in [0.15, 0.2) is 18.2 Å². The molecule has 92 valence electrons. The Morgan fingerprint density at radius 2 is 2.00 bits per heavy atom. The molecule has 0 saturated heterocycles. The molecule has 2 heteroatoms. The molecule has 1 aromatic rings. The molecule has 2 nitrogen and oxygen atoms in total. The van der Waals surface area contributed by atoms with Gasteiger partial charge in [-0.15, -0.1) is 0 Å². The number of nitrogens with zero attached hydrogens (tertiary/aromatic N) is 1. The van der Waals surface area contributed by atoms with Crippen molar-refractivity contribution in [2.45, 2.75) is 44.6 Å². The number of benzene rings is 1. The van der Waals surface area contributed by atoms with E-state index in [0.717, 1.165) is 12.6 Å². The molecule has 3 rings (SSSR count). The SMILES string of the molecule is CN(c1cccc2c1CCCN2)C1CCCC1. The van der Waals surface area contributed by atoms with Gasteiger partial charge in [0.15, 0.2) is 0 Å². The Balaban J connectivity index is 1.91. The zero-order valence-electron chi connectivity index (χ0n) is 10.7. The van der Waals surface area contributed by atoms with Gasteiger partial charge in [-0.2, -0.15) is 0 Å². The molecular weight excluding hydrogens is 208 g/mol. The molecule has 0 bridgehead atoms. The van der Waals surface area contributed by atoms with Crippen LogP contribution in [0.4, 0.5) is 11.4 Å². The van der Waals surface area contributed by atoms with Crippen LogP contribution in [0.3, 0.4) is 0 Å². The maximum atomic E-state index is 3.52. The first kappa shape index (κ1) is 10.9. The summed E-state index contributed by atoms with van der Waals surface area (Å²) in [5.74, 6) is 0. The van der Waals surface area contributed by atoms with Gasteiger partial charge in [-0.1, -0.05) is 18.9 Å². The van der Waals surface area contributed by atoms with E-state index in [2.05, 4.69) is 35.5 Å². The highest BCUT2D eigenvalue weighted by Crippen LogP contribution is 2.34. The molecule has 0 unspecified atom stereocenters. The van der Waals surface area contributed by atoms with E-state index >= 15 is 0 Å². The molecule has 1 aliphatic heterocycles. The fraction of sp³-hybridized carbons (Fsp3) is 0.600. The molecule has 1 aliphatic carbocycles. The van der Waals surface area contributed by atoms with E-state index in [1.807, 2.05) is 0 Å². The summed E-state index contributed by atoms with van der Waals surface area (Å²) in [4.78, 5) is 2.53. The molecule has 1 N–H and O–H groups in total. The lowest BCUT2D eigenvalue weighted by molar-refractivity contribution is 0.649. The molecular formula is C15H22N2. The van der Waals surface area contributed by atoms with Crippen LogP contribution < -0.4 is 10.2 Å². The predicted octanol–water partition coefficient (Wildman–Crippen LogP) is 3.42. The van der Waals surface area contributed by atoms with Gasteiger partial charge in [0.05, 0.1) is 0 Å². The van der Waals surface area contributed by atoms with Gasteiger partial charge in [-0.25, -0.2) is 0 Å². The number of hydrogen-bond acceptors (Lipinski definition) is 2. The lowest BCUT2D eigenvalue weighted by atomic mass is 10.00. The van der Waals surface area contributed by atoms with Gasteiger partial charge in [-0.3, -0.25) is 0 Å². The highest BCUT2D eigenvalue weighted by molar-refractivity contribution is 5.68. The molecule has 1 heterocycles. The van der Waals surface area contributed by atoms with Gasteiger partial charge in [0.25, 0.3) is 0 Å². The van der Waals surface area contributed by atoms with E-state index in [4.69, 9.17) is 0 Å². The molecule has 0 aromatic heterocycles. The van der Waals surface area contributed by atoms with Crippen molar-refractivity contribution >= 4 is 11.4 Å². The zero-order chi connectivity index (χ0) is 11.7. The third-order valence-corrected chi connectivity index (χ3v) is 4.32. The molecule has 2 aliphatic rings. The van der Waals surface area contributed by atoms with E-state index in [0.29, 0.717) is 0 Å². The average molecular weight is 230 g/mol. The Labute approximate surface area is 104 Å². The highest BCUT2D eigenvalue weighted by atomic mass is 15.1. The highest BCUT2D eigenvalue weighted by Gasteiger charge is 2.23. The van der Waals surface area contributed by atoms with Crippen LogP contribution in [0.1, 0.15) is 37.7 Å². The summed E-state index contributed by atoms with van der Waals surface area (Å²) in [6, 6.07) is 7.48. The minimum absolute atomic E-state index is 0.767. The number of nitrogens with one attached hydrogen (secondary N) is 1. The average Bonchev–Trinajstić information content (AvgIpc) is 2.91. The van der Waals surface area contributed by atoms with Gasteiger partial charge in [0.2, 0.25) is 0 Å². The van der Waals surface area contributed by atoms with Crippen molar-refractivity contribution < 1.29 is 0 Å². The summed E-state index contributed by atoms with van der Waals surface area (Å²) < 4.78 is 0. The van der Waals surface area contributed by atoms with Crippen LogP contribution in [-0.2, 0) is 6.42 Å². The van der Waals surface area contributed by atoms with Crippen molar-refractivity contribution in [2.24, 2.45) is 0 Å². The molecule has 1 fully saturated rings. The van der Waals surface area contributed by atoms with Crippen molar-refractivity contribution in [3.8, 4) is 0 Å². The van der Waals surface area contributed by atoms with Gasteiger partial charge in [0, 0.05) is 31.0 Å². The number of rotatable bonds is 2. The molecule has 1 saturated carbocycles. The monoisotopic (exact) mass is 230 g/mol. The van der Waals surface area contributed by atoms with Crippen LogP contribution in [0.5, 0.6) is 0 Å².